The van der Waals surface area contributed by atoms with Crippen molar-refractivity contribution in [3.63, 3.8) is 0 Å². The molecule has 0 radical (unpaired) electrons. The first kappa shape index (κ1) is 16.5. The third kappa shape index (κ3) is 4.53. The molecular formula is C16H29N3O2. The molecule has 0 aromatic carbocycles. The fourth-order valence-corrected chi connectivity index (χ4v) is 3.18. The first-order valence-electron chi connectivity index (χ1n) is 8.00. The third-order valence-corrected chi connectivity index (χ3v) is 4.23. The van der Waals surface area contributed by atoms with Crippen LogP contribution in [-0.4, -0.2) is 49.8 Å². The predicted molar refractivity (Wildman–Crippen MR) is 83.6 cm³/mol. The maximum absolute atomic E-state index is 5.79. The highest BCUT2D eigenvalue weighted by Gasteiger charge is 2.34. The highest BCUT2D eigenvalue weighted by atomic mass is 16.5. The zero-order chi connectivity index (χ0) is 15.1. The minimum absolute atomic E-state index is 0.186. The molecule has 1 aliphatic rings. The molecule has 120 valence electrons. The van der Waals surface area contributed by atoms with Crippen molar-refractivity contribution in [3.8, 4) is 0 Å². The van der Waals surface area contributed by atoms with E-state index >= 15 is 0 Å². The van der Waals surface area contributed by atoms with E-state index in [-0.39, 0.29) is 5.41 Å². The van der Waals surface area contributed by atoms with Crippen LogP contribution in [0.3, 0.4) is 0 Å². The minimum Gasteiger partial charge on any atom is -0.383 e. The smallest absolute Gasteiger partial charge is 0.0596 e. The van der Waals surface area contributed by atoms with Gasteiger partial charge in [0.2, 0.25) is 0 Å². The van der Waals surface area contributed by atoms with E-state index in [0.29, 0.717) is 0 Å². The first-order valence-corrected chi connectivity index (χ1v) is 8.00. The predicted octanol–water partition coefficient (Wildman–Crippen LogP) is 1.79. The van der Waals surface area contributed by atoms with Crippen molar-refractivity contribution in [1.82, 2.24) is 15.1 Å². The van der Waals surface area contributed by atoms with Crippen LogP contribution in [0, 0.1) is 12.3 Å². The Kier molecular flexibility index (Phi) is 6.21. The molecule has 0 amide bonds. The molecule has 1 atom stereocenters. The normalized spacial score (nSPS) is 22.6. The number of aromatic nitrogens is 2. The quantitative estimate of drug-likeness (QED) is 0.743. The monoisotopic (exact) mass is 295 g/mol. The lowest BCUT2D eigenvalue weighted by Crippen LogP contribution is -2.43. The number of hydrogen-bond donors (Lipinski definition) is 1. The highest BCUT2D eigenvalue weighted by molar-refractivity contribution is 5.12. The summed E-state index contributed by atoms with van der Waals surface area (Å²) in [7, 11) is 1.74. The summed E-state index contributed by atoms with van der Waals surface area (Å²) < 4.78 is 13.0. The van der Waals surface area contributed by atoms with Crippen LogP contribution in [0.25, 0.3) is 0 Å². The van der Waals surface area contributed by atoms with Gasteiger partial charge in [-0.2, -0.15) is 5.10 Å². The van der Waals surface area contributed by atoms with Crippen molar-refractivity contribution >= 4 is 0 Å². The summed E-state index contributed by atoms with van der Waals surface area (Å²) in [6.07, 6.45) is 3.38. The zero-order valence-corrected chi connectivity index (χ0v) is 13.7. The summed E-state index contributed by atoms with van der Waals surface area (Å²) in [6.45, 7) is 9.49. The summed E-state index contributed by atoms with van der Waals surface area (Å²) in [5.41, 5.74) is 2.62. The maximum Gasteiger partial charge on any atom is 0.0596 e. The molecule has 5 nitrogen and oxygen atoms in total. The van der Waals surface area contributed by atoms with E-state index in [9.17, 15) is 0 Å². The highest BCUT2D eigenvalue weighted by Crippen LogP contribution is 2.32. The largest absolute Gasteiger partial charge is 0.383 e. The molecule has 0 spiro atoms. The Bertz CT molecular complexity index is 425. The Balaban J connectivity index is 2.04. The van der Waals surface area contributed by atoms with E-state index in [1.54, 1.807) is 7.11 Å². The Hall–Kier alpha value is -0.910. The fourth-order valence-electron chi connectivity index (χ4n) is 3.18. The molecule has 1 N–H and O–H groups in total. The van der Waals surface area contributed by atoms with Crippen LogP contribution in [0.4, 0.5) is 0 Å². The molecule has 1 aliphatic heterocycles. The van der Waals surface area contributed by atoms with Gasteiger partial charge in [0.25, 0.3) is 0 Å². The Morgan fingerprint density at radius 3 is 3.05 bits per heavy atom. The molecule has 1 aromatic heterocycles. The van der Waals surface area contributed by atoms with Crippen LogP contribution in [0.1, 0.15) is 31.2 Å². The van der Waals surface area contributed by atoms with Gasteiger partial charge in [-0.25, -0.2) is 0 Å². The molecule has 1 fully saturated rings. The molecule has 0 aliphatic carbocycles. The number of hydrogen-bond acceptors (Lipinski definition) is 4. The van der Waals surface area contributed by atoms with Crippen LogP contribution in [0.15, 0.2) is 6.07 Å². The lowest BCUT2D eigenvalue weighted by atomic mass is 9.78. The van der Waals surface area contributed by atoms with Gasteiger partial charge in [-0.05, 0) is 39.2 Å². The summed E-state index contributed by atoms with van der Waals surface area (Å²) in [5, 5.41) is 8.10. The standard InChI is InChI=1S/C16H29N3O2/c1-4-19-15(10-14(2)18-19)11-16(6-5-8-21-13-16)12-17-7-9-20-3/h10,17H,4-9,11-13H2,1-3H3. The molecule has 21 heavy (non-hydrogen) atoms. The molecule has 5 heteroatoms. The number of nitrogens with zero attached hydrogens (tertiary/aromatic N) is 2. The van der Waals surface area contributed by atoms with Crippen LogP contribution in [0.5, 0.6) is 0 Å². The van der Waals surface area contributed by atoms with Crippen LogP contribution in [-0.2, 0) is 22.4 Å². The average Bonchev–Trinajstić information content (AvgIpc) is 2.84. The Morgan fingerprint density at radius 1 is 1.52 bits per heavy atom. The van der Waals surface area contributed by atoms with Crippen molar-refractivity contribution in [2.75, 3.05) is 40.0 Å². The molecule has 0 bridgehead atoms. The van der Waals surface area contributed by atoms with Crippen molar-refractivity contribution in [3.05, 3.63) is 17.5 Å². The lowest BCUT2D eigenvalue weighted by molar-refractivity contribution is -0.00868. The van der Waals surface area contributed by atoms with Crippen LogP contribution in [0.2, 0.25) is 0 Å². The number of rotatable bonds is 8. The Labute approximate surface area is 128 Å². The average molecular weight is 295 g/mol. The van der Waals surface area contributed by atoms with Crippen LogP contribution < -0.4 is 5.32 Å². The molecule has 2 rings (SSSR count). The summed E-state index contributed by atoms with van der Waals surface area (Å²) >= 11 is 0. The van der Waals surface area contributed by atoms with Gasteiger partial charge >= 0.3 is 0 Å². The van der Waals surface area contributed by atoms with Crippen molar-refractivity contribution < 1.29 is 9.47 Å². The summed E-state index contributed by atoms with van der Waals surface area (Å²) in [5.74, 6) is 0. The molecule has 2 heterocycles. The molecule has 1 aromatic rings. The van der Waals surface area contributed by atoms with Gasteiger partial charge in [-0.3, -0.25) is 4.68 Å². The Morgan fingerprint density at radius 2 is 2.38 bits per heavy atom. The van der Waals surface area contributed by atoms with E-state index in [4.69, 9.17) is 9.47 Å². The second kappa shape index (κ2) is 7.92. The summed E-state index contributed by atoms with van der Waals surface area (Å²) in [6, 6.07) is 2.22. The van der Waals surface area contributed by atoms with Crippen molar-refractivity contribution in [2.24, 2.45) is 5.41 Å². The minimum atomic E-state index is 0.186. The maximum atomic E-state index is 5.79. The second-order valence-electron chi connectivity index (χ2n) is 6.10. The lowest BCUT2D eigenvalue weighted by Gasteiger charge is -2.37. The van der Waals surface area contributed by atoms with E-state index < -0.39 is 0 Å². The van der Waals surface area contributed by atoms with Gasteiger partial charge in [0.05, 0.1) is 18.9 Å². The van der Waals surface area contributed by atoms with E-state index in [0.717, 1.165) is 58.0 Å². The molecular weight excluding hydrogens is 266 g/mol. The molecule has 0 saturated carbocycles. The second-order valence-corrected chi connectivity index (χ2v) is 6.10. The SMILES string of the molecule is CCn1nc(C)cc1CC1(CNCCOC)CCCOC1. The number of aryl methyl sites for hydroxylation is 2. The molecule has 1 unspecified atom stereocenters. The topological polar surface area (TPSA) is 48.3 Å². The van der Waals surface area contributed by atoms with Gasteiger partial charge in [0.15, 0.2) is 0 Å². The number of ether oxygens (including phenoxy) is 2. The van der Waals surface area contributed by atoms with Gasteiger partial charge in [0, 0.05) is 44.5 Å². The fraction of sp³-hybridized carbons (Fsp3) is 0.812. The van der Waals surface area contributed by atoms with E-state index in [2.05, 4.69) is 35.0 Å². The van der Waals surface area contributed by atoms with Gasteiger partial charge < -0.3 is 14.8 Å². The molecule has 1 saturated heterocycles. The van der Waals surface area contributed by atoms with Crippen molar-refractivity contribution in [1.29, 1.82) is 0 Å². The van der Waals surface area contributed by atoms with E-state index in [1.165, 1.54) is 12.1 Å². The van der Waals surface area contributed by atoms with Gasteiger partial charge in [0.1, 0.15) is 0 Å². The third-order valence-electron chi connectivity index (χ3n) is 4.23. The van der Waals surface area contributed by atoms with Crippen molar-refractivity contribution in [2.45, 2.75) is 39.7 Å². The van der Waals surface area contributed by atoms with Gasteiger partial charge in [-0.15, -0.1) is 0 Å². The number of nitrogens with one attached hydrogen (secondary N) is 1. The first-order chi connectivity index (χ1) is 10.2. The zero-order valence-electron chi connectivity index (χ0n) is 13.7. The van der Waals surface area contributed by atoms with Gasteiger partial charge in [-0.1, -0.05) is 0 Å². The van der Waals surface area contributed by atoms with E-state index in [1.807, 2.05) is 0 Å². The van der Waals surface area contributed by atoms with Crippen LogP contribution >= 0.6 is 0 Å². The number of methoxy groups -OCH3 is 1. The summed E-state index contributed by atoms with van der Waals surface area (Å²) in [4.78, 5) is 0.